The van der Waals surface area contributed by atoms with Gasteiger partial charge in [0.25, 0.3) is 0 Å². The fourth-order valence-electron chi connectivity index (χ4n) is 4.04. The standard InChI is InChI=1S/C28H32O6/c1-20-25(31-17-21-9-5-3-6-10-21)26(32-19-23-13-15-24(30-2)16-14-23)27(28(29)34-20)33-18-22-11-7-4-8-12-22/h3-16,20,25-29H,17-19H2,1-2H3/t20-,25+,26+,27-,28?/m0/s1. The number of hydrogen-bond donors (Lipinski definition) is 1. The van der Waals surface area contributed by atoms with Crippen LogP contribution in [0.3, 0.4) is 0 Å². The Kier molecular flexibility index (Phi) is 8.68. The van der Waals surface area contributed by atoms with Gasteiger partial charge in [0, 0.05) is 0 Å². The van der Waals surface area contributed by atoms with Crippen molar-refractivity contribution in [1.82, 2.24) is 0 Å². The summed E-state index contributed by atoms with van der Waals surface area (Å²) in [6, 6.07) is 27.5. The lowest BCUT2D eigenvalue weighted by Crippen LogP contribution is -2.59. The Morgan fingerprint density at radius 3 is 1.65 bits per heavy atom. The molecular formula is C28H32O6. The highest BCUT2D eigenvalue weighted by atomic mass is 16.7. The number of hydrogen-bond acceptors (Lipinski definition) is 6. The third-order valence-corrected chi connectivity index (χ3v) is 5.92. The second-order valence-corrected chi connectivity index (χ2v) is 8.38. The first-order valence-electron chi connectivity index (χ1n) is 11.5. The summed E-state index contributed by atoms with van der Waals surface area (Å²) in [4.78, 5) is 0. The maximum absolute atomic E-state index is 10.8. The van der Waals surface area contributed by atoms with E-state index in [9.17, 15) is 5.11 Å². The molecule has 0 aliphatic carbocycles. The van der Waals surface area contributed by atoms with E-state index in [2.05, 4.69) is 0 Å². The first-order valence-corrected chi connectivity index (χ1v) is 11.5. The van der Waals surface area contributed by atoms with Crippen molar-refractivity contribution in [2.75, 3.05) is 7.11 Å². The van der Waals surface area contributed by atoms with Crippen molar-refractivity contribution in [3.05, 3.63) is 102 Å². The van der Waals surface area contributed by atoms with Gasteiger partial charge in [-0.15, -0.1) is 0 Å². The predicted molar refractivity (Wildman–Crippen MR) is 128 cm³/mol. The quantitative estimate of drug-likeness (QED) is 0.477. The van der Waals surface area contributed by atoms with E-state index < -0.39 is 24.6 Å². The van der Waals surface area contributed by atoms with Gasteiger partial charge in [0.15, 0.2) is 6.29 Å². The molecule has 180 valence electrons. The molecule has 1 aliphatic heterocycles. The number of aliphatic hydroxyl groups excluding tert-OH is 1. The van der Waals surface area contributed by atoms with Gasteiger partial charge in [0.2, 0.25) is 0 Å². The highest BCUT2D eigenvalue weighted by molar-refractivity contribution is 5.26. The number of benzene rings is 3. The second kappa shape index (κ2) is 12.1. The lowest BCUT2D eigenvalue weighted by Gasteiger charge is -2.43. The van der Waals surface area contributed by atoms with Crippen molar-refractivity contribution in [2.45, 2.75) is 57.5 Å². The van der Waals surface area contributed by atoms with E-state index in [0.29, 0.717) is 19.8 Å². The molecule has 0 amide bonds. The molecule has 0 aromatic heterocycles. The maximum Gasteiger partial charge on any atom is 0.184 e. The summed E-state index contributed by atoms with van der Waals surface area (Å²) in [6.07, 6.45) is -3.18. The van der Waals surface area contributed by atoms with Crippen molar-refractivity contribution < 1.29 is 28.8 Å². The van der Waals surface area contributed by atoms with Gasteiger partial charge in [-0.1, -0.05) is 72.8 Å². The van der Waals surface area contributed by atoms with Crippen LogP contribution < -0.4 is 4.74 Å². The molecule has 0 radical (unpaired) electrons. The Bertz CT molecular complexity index is 923. The van der Waals surface area contributed by atoms with E-state index in [4.69, 9.17) is 23.7 Å². The van der Waals surface area contributed by atoms with Gasteiger partial charge in [0.1, 0.15) is 24.1 Å². The third kappa shape index (κ3) is 6.44. The van der Waals surface area contributed by atoms with Crippen LogP contribution in [0.15, 0.2) is 84.9 Å². The van der Waals surface area contributed by atoms with Crippen LogP contribution in [0.1, 0.15) is 23.6 Å². The number of methoxy groups -OCH3 is 1. The summed E-state index contributed by atoms with van der Waals surface area (Å²) >= 11 is 0. The average Bonchev–Trinajstić information content (AvgIpc) is 2.88. The minimum atomic E-state index is -1.13. The van der Waals surface area contributed by atoms with E-state index in [0.717, 1.165) is 22.4 Å². The molecule has 0 bridgehead atoms. The Balaban J connectivity index is 1.50. The molecule has 6 heteroatoms. The summed E-state index contributed by atoms with van der Waals surface area (Å²) in [5, 5.41) is 10.8. The van der Waals surface area contributed by atoms with E-state index in [-0.39, 0.29) is 6.10 Å². The average molecular weight is 465 g/mol. The molecule has 34 heavy (non-hydrogen) atoms. The minimum Gasteiger partial charge on any atom is -0.497 e. The van der Waals surface area contributed by atoms with Gasteiger partial charge >= 0.3 is 0 Å². The van der Waals surface area contributed by atoms with Crippen LogP contribution in [-0.2, 0) is 38.8 Å². The first kappa shape index (κ1) is 24.4. The lowest BCUT2D eigenvalue weighted by molar-refractivity contribution is -0.308. The fourth-order valence-corrected chi connectivity index (χ4v) is 4.04. The molecule has 1 heterocycles. The zero-order valence-corrected chi connectivity index (χ0v) is 19.6. The largest absolute Gasteiger partial charge is 0.497 e. The van der Waals surface area contributed by atoms with Crippen LogP contribution in [0.25, 0.3) is 0 Å². The fraction of sp³-hybridized carbons (Fsp3) is 0.357. The summed E-state index contributed by atoms with van der Waals surface area (Å²) in [7, 11) is 1.64. The normalized spacial score (nSPS) is 24.6. The van der Waals surface area contributed by atoms with Crippen LogP contribution in [0, 0.1) is 0 Å². The summed E-state index contributed by atoms with van der Waals surface area (Å²) in [5.41, 5.74) is 3.04. The molecule has 0 saturated carbocycles. The number of ether oxygens (including phenoxy) is 5. The van der Waals surface area contributed by atoms with Crippen LogP contribution in [-0.4, -0.2) is 42.9 Å². The zero-order chi connectivity index (χ0) is 23.8. The van der Waals surface area contributed by atoms with Crippen molar-refractivity contribution in [2.24, 2.45) is 0 Å². The molecule has 1 unspecified atom stereocenters. The van der Waals surface area contributed by atoms with Crippen molar-refractivity contribution in [3.8, 4) is 5.75 Å². The Morgan fingerprint density at radius 1 is 0.647 bits per heavy atom. The van der Waals surface area contributed by atoms with Crippen LogP contribution in [0.5, 0.6) is 5.75 Å². The molecule has 1 fully saturated rings. The topological polar surface area (TPSA) is 66.4 Å². The highest BCUT2D eigenvalue weighted by Crippen LogP contribution is 2.29. The van der Waals surface area contributed by atoms with E-state index >= 15 is 0 Å². The number of aliphatic hydroxyl groups is 1. The highest BCUT2D eigenvalue weighted by Gasteiger charge is 2.46. The maximum atomic E-state index is 10.8. The molecule has 1 N–H and O–H groups in total. The monoisotopic (exact) mass is 464 g/mol. The SMILES string of the molecule is COc1ccc(CO[C@@H]2[C@H](OCc3ccccc3)[C@H](C)OC(O)[C@H]2OCc2ccccc2)cc1. The Morgan fingerprint density at radius 2 is 1.12 bits per heavy atom. The summed E-state index contributed by atoms with van der Waals surface area (Å²) in [6.45, 7) is 2.96. The van der Waals surface area contributed by atoms with E-state index in [1.807, 2.05) is 91.9 Å². The van der Waals surface area contributed by atoms with Crippen molar-refractivity contribution >= 4 is 0 Å². The van der Waals surface area contributed by atoms with Crippen molar-refractivity contribution in [3.63, 3.8) is 0 Å². The van der Waals surface area contributed by atoms with Crippen LogP contribution in [0.4, 0.5) is 0 Å². The van der Waals surface area contributed by atoms with Crippen LogP contribution in [0.2, 0.25) is 0 Å². The molecular weight excluding hydrogens is 432 g/mol. The van der Waals surface area contributed by atoms with Gasteiger partial charge in [-0.25, -0.2) is 0 Å². The predicted octanol–water partition coefficient (Wildman–Crippen LogP) is 4.49. The molecule has 3 aromatic rings. The van der Waals surface area contributed by atoms with Crippen molar-refractivity contribution in [1.29, 1.82) is 0 Å². The van der Waals surface area contributed by atoms with E-state index in [1.165, 1.54) is 0 Å². The van der Waals surface area contributed by atoms with Gasteiger partial charge in [-0.3, -0.25) is 0 Å². The lowest BCUT2D eigenvalue weighted by atomic mass is 9.98. The molecule has 0 spiro atoms. The minimum absolute atomic E-state index is 0.327. The van der Waals surface area contributed by atoms with Gasteiger partial charge < -0.3 is 28.8 Å². The van der Waals surface area contributed by atoms with Gasteiger partial charge in [0.05, 0.1) is 33.0 Å². The van der Waals surface area contributed by atoms with Crippen LogP contribution >= 0.6 is 0 Å². The zero-order valence-electron chi connectivity index (χ0n) is 19.6. The van der Waals surface area contributed by atoms with E-state index in [1.54, 1.807) is 7.11 Å². The van der Waals surface area contributed by atoms with Gasteiger partial charge in [-0.05, 0) is 35.7 Å². The summed E-state index contributed by atoms with van der Waals surface area (Å²) < 4.78 is 29.8. The molecule has 5 atom stereocenters. The van der Waals surface area contributed by atoms with Gasteiger partial charge in [-0.2, -0.15) is 0 Å². The second-order valence-electron chi connectivity index (χ2n) is 8.38. The number of rotatable bonds is 10. The molecule has 1 saturated heterocycles. The molecule has 6 nitrogen and oxygen atoms in total. The molecule has 1 aliphatic rings. The Hall–Kier alpha value is -2.74. The summed E-state index contributed by atoms with van der Waals surface area (Å²) in [5.74, 6) is 0.784. The Labute approximate surface area is 201 Å². The third-order valence-electron chi connectivity index (χ3n) is 5.92. The molecule has 3 aromatic carbocycles. The smallest absolute Gasteiger partial charge is 0.184 e. The first-order chi connectivity index (χ1) is 16.6. The molecule has 4 rings (SSSR count).